The van der Waals surface area contributed by atoms with Crippen LogP contribution in [0.2, 0.25) is 0 Å². The van der Waals surface area contributed by atoms with E-state index < -0.39 is 0 Å². The Morgan fingerprint density at radius 3 is 3.25 bits per heavy atom. The highest BCUT2D eigenvalue weighted by Gasteiger charge is 2.03. The Bertz CT molecular complexity index is 451. The zero-order valence-electron chi connectivity index (χ0n) is 5.71. The lowest BCUT2D eigenvalue weighted by molar-refractivity contribution is 0.886. The van der Waals surface area contributed by atoms with Crippen LogP contribution in [-0.2, 0) is 0 Å². The Hall–Kier alpha value is -2.21. The second-order valence-corrected chi connectivity index (χ2v) is 1.90. The Balaban J connectivity index is 2.81. The monoisotopic (exact) mass is 162 g/mol. The van der Waals surface area contributed by atoms with Crippen LogP contribution in [0, 0.1) is 0 Å². The average molecular weight is 162 g/mol. The highest BCUT2D eigenvalue weighted by atomic mass is 15.4. The van der Waals surface area contributed by atoms with Gasteiger partial charge in [0, 0.05) is 4.91 Å². The number of hydrogen-bond acceptors (Lipinski definition) is 5. The van der Waals surface area contributed by atoms with Gasteiger partial charge in [0.05, 0.1) is 6.33 Å². The molecule has 8 nitrogen and oxygen atoms in total. The van der Waals surface area contributed by atoms with Gasteiger partial charge in [-0.25, -0.2) is 4.98 Å². The molecular weight excluding hydrogens is 160 g/mol. The van der Waals surface area contributed by atoms with E-state index in [1.165, 1.54) is 6.33 Å². The van der Waals surface area contributed by atoms with Gasteiger partial charge in [-0.15, -0.1) is 10.2 Å². The predicted molar refractivity (Wildman–Crippen MR) is 38.3 cm³/mol. The zero-order chi connectivity index (χ0) is 8.39. The van der Waals surface area contributed by atoms with Gasteiger partial charge < -0.3 is 4.98 Å². The predicted octanol–water partition coefficient (Wildman–Crippen LogP) is 0.690. The average Bonchev–Trinajstić information content (AvgIpc) is 2.53. The number of nitrogens with one attached hydrogen (secondary N) is 1. The van der Waals surface area contributed by atoms with Gasteiger partial charge in [0.1, 0.15) is 5.52 Å². The standard InChI is InChI=1S/C4H2N8/c5-11-8-4-2-3(7-1-6-2)9-12-10-4/h1H,(H,6,7,9,10). The largest absolute Gasteiger partial charge is 0.341 e. The lowest BCUT2D eigenvalue weighted by atomic mass is 10.5. The van der Waals surface area contributed by atoms with Crippen molar-refractivity contribution >= 4 is 17.0 Å². The maximum atomic E-state index is 8.15. The number of rotatable bonds is 1. The van der Waals surface area contributed by atoms with E-state index in [0.717, 1.165) is 0 Å². The highest BCUT2D eigenvalue weighted by Crippen LogP contribution is 2.15. The molecule has 2 aromatic heterocycles. The topological polar surface area (TPSA) is 116 Å². The fraction of sp³-hybridized carbons (Fsp3) is 0. The molecule has 8 heteroatoms. The summed E-state index contributed by atoms with van der Waals surface area (Å²) < 4.78 is 0. The Morgan fingerprint density at radius 1 is 1.50 bits per heavy atom. The molecular formula is C4H2N8. The van der Waals surface area contributed by atoms with Gasteiger partial charge in [-0.3, -0.25) is 0 Å². The summed E-state index contributed by atoms with van der Waals surface area (Å²) in [6.45, 7) is 0. The van der Waals surface area contributed by atoms with Gasteiger partial charge in [0.25, 0.3) is 0 Å². The molecule has 2 aromatic rings. The molecule has 0 saturated carbocycles. The SMILES string of the molecule is [N-]=[N+]=Nc1nnnc2nc[nH]c12. The molecule has 0 fully saturated rings. The third kappa shape index (κ3) is 0.831. The van der Waals surface area contributed by atoms with Crippen molar-refractivity contribution in [1.29, 1.82) is 0 Å². The fourth-order valence-corrected chi connectivity index (χ4v) is 0.797. The van der Waals surface area contributed by atoms with Crippen molar-refractivity contribution in [2.24, 2.45) is 5.11 Å². The first kappa shape index (κ1) is 6.50. The molecule has 0 aromatic carbocycles. The zero-order valence-corrected chi connectivity index (χ0v) is 5.71. The number of imidazole rings is 1. The number of nitrogens with zero attached hydrogens (tertiary/aromatic N) is 7. The minimum Gasteiger partial charge on any atom is -0.341 e. The van der Waals surface area contributed by atoms with Gasteiger partial charge in [0.2, 0.25) is 5.65 Å². The molecule has 0 unspecified atom stereocenters. The van der Waals surface area contributed by atoms with Crippen LogP contribution in [-0.4, -0.2) is 25.4 Å². The van der Waals surface area contributed by atoms with E-state index in [2.05, 4.69) is 35.4 Å². The third-order valence-corrected chi connectivity index (χ3v) is 1.26. The summed E-state index contributed by atoms with van der Waals surface area (Å²) in [6.07, 6.45) is 1.43. The van der Waals surface area contributed by atoms with E-state index >= 15 is 0 Å². The minimum atomic E-state index is 0.153. The number of azide groups is 1. The van der Waals surface area contributed by atoms with E-state index in [0.29, 0.717) is 11.2 Å². The summed E-state index contributed by atoms with van der Waals surface area (Å²) in [4.78, 5) is 9.12. The molecule has 0 bridgehead atoms. The molecule has 0 aliphatic heterocycles. The molecule has 2 heterocycles. The summed E-state index contributed by atoms with van der Waals surface area (Å²) in [5.74, 6) is 0.153. The first-order valence-electron chi connectivity index (χ1n) is 2.99. The molecule has 0 aliphatic rings. The van der Waals surface area contributed by atoms with Gasteiger partial charge in [-0.05, 0) is 15.9 Å². The van der Waals surface area contributed by atoms with Crippen molar-refractivity contribution in [2.45, 2.75) is 0 Å². The van der Waals surface area contributed by atoms with Crippen LogP contribution in [0.15, 0.2) is 11.4 Å². The van der Waals surface area contributed by atoms with Crippen LogP contribution < -0.4 is 0 Å². The van der Waals surface area contributed by atoms with Gasteiger partial charge in [0.15, 0.2) is 5.82 Å². The van der Waals surface area contributed by atoms with Crippen molar-refractivity contribution < 1.29 is 0 Å². The number of H-pyrrole nitrogens is 1. The molecule has 0 aliphatic carbocycles. The quantitative estimate of drug-likeness (QED) is 0.377. The molecule has 2 rings (SSSR count). The summed E-state index contributed by atoms with van der Waals surface area (Å²) in [6, 6.07) is 0. The molecule has 0 spiro atoms. The minimum absolute atomic E-state index is 0.153. The van der Waals surface area contributed by atoms with Gasteiger partial charge in [-0.2, -0.15) is 0 Å². The van der Waals surface area contributed by atoms with Gasteiger partial charge in [-0.1, -0.05) is 0 Å². The first-order valence-corrected chi connectivity index (χ1v) is 2.99. The molecule has 0 radical (unpaired) electrons. The summed E-state index contributed by atoms with van der Waals surface area (Å²) in [7, 11) is 0. The van der Waals surface area contributed by atoms with E-state index in [4.69, 9.17) is 5.53 Å². The number of hydrogen-bond donors (Lipinski definition) is 1. The van der Waals surface area contributed by atoms with Crippen LogP contribution >= 0.6 is 0 Å². The molecule has 0 saturated heterocycles. The molecule has 0 amide bonds. The molecule has 58 valence electrons. The van der Waals surface area contributed by atoms with Crippen LogP contribution in [0.3, 0.4) is 0 Å². The number of aromatic amines is 1. The number of aromatic nitrogens is 5. The van der Waals surface area contributed by atoms with E-state index in [1.54, 1.807) is 0 Å². The van der Waals surface area contributed by atoms with Crippen molar-refractivity contribution in [3.8, 4) is 0 Å². The highest BCUT2D eigenvalue weighted by molar-refractivity contribution is 5.79. The van der Waals surface area contributed by atoms with Crippen LogP contribution in [0.25, 0.3) is 21.6 Å². The normalized spacial score (nSPS) is 9.67. The van der Waals surface area contributed by atoms with Crippen molar-refractivity contribution in [3.63, 3.8) is 0 Å². The lowest BCUT2D eigenvalue weighted by Gasteiger charge is -1.87. The molecule has 0 atom stereocenters. The maximum absolute atomic E-state index is 8.15. The van der Waals surface area contributed by atoms with Crippen LogP contribution in [0.5, 0.6) is 0 Å². The van der Waals surface area contributed by atoms with Crippen molar-refractivity contribution in [3.05, 3.63) is 16.8 Å². The van der Waals surface area contributed by atoms with E-state index in [-0.39, 0.29) is 5.82 Å². The summed E-state index contributed by atoms with van der Waals surface area (Å²) >= 11 is 0. The second-order valence-electron chi connectivity index (χ2n) is 1.90. The van der Waals surface area contributed by atoms with E-state index in [9.17, 15) is 0 Å². The summed E-state index contributed by atoms with van der Waals surface area (Å²) in [5.41, 5.74) is 9.02. The van der Waals surface area contributed by atoms with Crippen LogP contribution in [0.1, 0.15) is 0 Å². The third-order valence-electron chi connectivity index (χ3n) is 1.26. The molecule has 1 N–H and O–H groups in total. The Morgan fingerprint density at radius 2 is 2.42 bits per heavy atom. The fourth-order valence-electron chi connectivity index (χ4n) is 0.797. The van der Waals surface area contributed by atoms with E-state index in [1.807, 2.05) is 0 Å². The molecule has 12 heavy (non-hydrogen) atoms. The first-order chi connectivity index (χ1) is 5.92. The number of fused-ring (bicyclic) bond motifs is 1. The van der Waals surface area contributed by atoms with Crippen molar-refractivity contribution in [2.75, 3.05) is 0 Å². The smallest absolute Gasteiger partial charge is 0.203 e. The lowest BCUT2D eigenvalue weighted by Crippen LogP contribution is -1.87. The Labute approximate surface area is 65.3 Å². The van der Waals surface area contributed by atoms with Crippen molar-refractivity contribution in [1.82, 2.24) is 25.4 Å². The maximum Gasteiger partial charge on any atom is 0.203 e. The summed E-state index contributed by atoms with van der Waals surface area (Å²) in [5, 5.41) is 13.8. The Kier molecular flexibility index (Phi) is 1.32. The van der Waals surface area contributed by atoms with Gasteiger partial charge >= 0.3 is 0 Å². The van der Waals surface area contributed by atoms with Crippen LogP contribution in [0.4, 0.5) is 5.82 Å². The second kappa shape index (κ2) is 2.44.